The Labute approximate surface area is 127 Å². The van der Waals surface area contributed by atoms with E-state index in [1.54, 1.807) is 45.9 Å². The molecular formula is C16H24O4P+. The molecule has 0 heterocycles. The molecule has 0 aliphatic rings. The molecule has 0 fully saturated rings. The second-order valence-corrected chi connectivity index (χ2v) is 8.13. The van der Waals surface area contributed by atoms with Gasteiger partial charge >= 0.3 is 13.8 Å². The molecule has 0 radical (unpaired) electrons. The van der Waals surface area contributed by atoms with Crippen LogP contribution in [0.15, 0.2) is 24.3 Å². The highest BCUT2D eigenvalue weighted by atomic mass is 31.1. The Morgan fingerprint density at radius 3 is 2.19 bits per heavy atom. The third-order valence-corrected chi connectivity index (χ3v) is 4.80. The van der Waals surface area contributed by atoms with Crippen molar-refractivity contribution in [2.45, 2.75) is 58.9 Å². The third-order valence-electron chi connectivity index (χ3n) is 2.80. The molecule has 1 unspecified atom stereocenters. The largest absolute Gasteiger partial charge is 0.486 e. The van der Waals surface area contributed by atoms with Crippen LogP contribution < -0.4 is 10.0 Å². The maximum absolute atomic E-state index is 12.9. The van der Waals surface area contributed by atoms with Crippen LogP contribution in [0.25, 0.3) is 0 Å². The first-order valence-corrected chi connectivity index (χ1v) is 8.36. The lowest BCUT2D eigenvalue weighted by Gasteiger charge is -2.16. The zero-order valence-corrected chi connectivity index (χ0v) is 14.4. The highest BCUT2D eigenvalue weighted by molar-refractivity contribution is 7.56. The number of benzene rings is 1. The lowest BCUT2D eigenvalue weighted by Crippen LogP contribution is -2.34. The number of hydrogen-bond acceptors (Lipinski definition) is 4. The minimum absolute atomic E-state index is 0.0275. The first-order chi connectivity index (χ1) is 9.66. The summed E-state index contributed by atoms with van der Waals surface area (Å²) in [6.07, 6.45) is -0.261. The summed E-state index contributed by atoms with van der Waals surface area (Å²) in [6, 6.07) is 7.12. The van der Waals surface area contributed by atoms with Crippen molar-refractivity contribution in [3.63, 3.8) is 0 Å². The number of para-hydroxylation sites is 1. The molecule has 0 aliphatic carbocycles. The Bertz CT molecular complexity index is 521. The van der Waals surface area contributed by atoms with Gasteiger partial charge in [0.1, 0.15) is 0 Å². The Kier molecular flexibility index (Phi) is 5.91. The van der Waals surface area contributed by atoms with E-state index in [4.69, 9.17) is 9.47 Å². The van der Waals surface area contributed by atoms with Gasteiger partial charge < -0.3 is 9.47 Å². The number of ether oxygens (including phenoxy) is 2. The molecule has 5 heteroatoms. The summed E-state index contributed by atoms with van der Waals surface area (Å²) in [7, 11) is -1.99. The highest BCUT2D eigenvalue weighted by Crippen LogP contribution is 2.41. The van der Waals surface area contributed by atoms with E-state index in [0.29, 0.717) is 11.1 Å². The maximum atomic E-state index is 12.9. The summed E-state index contributed by atoms with van der Waals surface area (Å²) >= 11 is 0. The molecule has 1 aromatic carbocycles. The van der Waals surface area contributed by atoms with E-state index in [1.807, 2.05) is 19.9 Å². The zero-order valence-electron chi connectivity index (χ0n) is 13.5. The van der Waals surface area contributed by atoms with E-state index in [9.17, 15) is 9.36 Å². The predicted molar refractivity (Wildman–Crippen MR) is 84.8 cm³/mol. The van der Waals surface area contributed by atoms with Crippen molar-refractivity contribution in [3.8, 4) is 5.75 Å². The van der Waals surface area contributed by atoms with Crippen LogP contribution in [-0.4, -0.2) is 23.3 Å². The minimum Gasteiger partial charge on any atom is -0.486 e. The van der Waals surface area contributed by atoms with Gasteiger partial charge in [0.2, 0.25) is 5.30 Å². The summed E-state index contributed by atoms with van der Waals surface area (Å²) in [5, 5.41) is -0.553. The normalized spacial score (nSPS) is 12.5. The van der Waals surface area contributed by atoms with Crippen molar-refractivity contribution in [1.29, 1.82) is 0 Å². The molecule has 21 heavy (non-hydrogen) atoms. The van der Waals surface area contributed by atoms with Crippen LogP contribution in [0.1, 0.15) is 41.5 Å². The molecule has 0 spiro atoms. The molecule has 0 aliphatic heterocycles. The summed E-state index contributed by atoms with van der Waals surface area (Å²) in [6.45, 7) is 10.6. The van der Waals surface area contributed by atoms with Crippen LogP contribution in [0.4, 0.5) is 0 Å². The minimum atomic E-state index is -1.99. The molecule has 0 amide bonds. The van der Waals surface area contributed by atoms with Crippen LogP contribution >= 0.6 is 7.80 Å². The lowest BCUT2D eigenvalue weighted by atomic mass is 10.2. The molecule has 0 bridgehead atoms. The third kappa shape index (κ3) is 4.53. The first-order valence-electron chi connectivity index (χ1n) is 7.10. The number of esters is 1. The fourth-order valence-electron chi connectivity index (χ4n) is 1.72. The van der Waals surface area contributed by atoms with Crippen LogP contribution in [0, 0.1) is 0 Å². The van der Waals surface area contributed by atoms with E-state index >= 15 is 0 Å². The molecule has 116 valence electrons. The van der Waals surface area contributed by atoms with Gasteiger partial charge in [-0.1, -0.05) is 16.7 Å². The Morgan fingerprint density at radius 1 is 1.10 bits per heavy atom. The van der Waals surface area contributed by atoms with Gasteiger partial charge in [0.25, 0.3) is 5.16 Å². The van der Waals surface area contributed by atoms with Crippen molar-refractivity contribution >= 4 is 19.1 Å². The number of carbonyl (C=O) groups excluding carboxylic acids is 1. The summed E-state index contributed by atoms with van der Waals surface area (Å²) in [5.41, 5.74) is 0. The van der Waals surface area contributed by atoms with Crippen molar-refractivity contribution in [3.05, 3.63) is 24.3 Å². The van der Waals surface area contributed by atoms with Gasteiger partial charge in [0.15, 0.2) is 5.75 Å². The molecule has 1 rings (SSSR count). The van der Waals surface area contributed by atoms with Crippen LogP contribution in [0.5, 0.6) is 5.75 Å². The van der Waals surface area contributed by atoms with Gasteiger partial charge in [-0.05, 0) is 53.7 Å². The van der Waals surface area contributed by atoms with Gasteiger partial charge in [-0.2, -0.15) is 0 Å². The number of rotatable bonds is 6. The van der Waals surface area contributed by atoms with Gasteiger partial charge in [-0.3, -0.25) is 0 Å². The monoisotopic (exact) mass is 311 g/mol. The van der Waals surface area contributed by atoms with Crippen molar-refractivity contribution < 1.29 is 18.8 Å². The van der Waals surface area contributed by atoms with Gasteiger partial charge in [0.05, 0.1) is 12.2 Å². The standard InChI is InChI=1S/C16H24O4P/c1-11(2)19-13-9-7-8-10-14(13)21(18)16(5,6)15(17)20-12(3)4/h7-12H,1-6H3/q+1. The Balaban J connectivity index is 3.10. The molecule has 0 saturated heterocycles. The van der Waals surface area contributed by atoms with Crippen LogP contribution in [0.3, 0.4) is 0 Å². The van der Waals surface area contributed by atoms with E-state index in [-0.39, 0.29) is 12.2 Å². The zero-order chi connectivity index (χ0) is 16.2. The molecular weight excluding hydrogens is 287 g/mol. The van der Waals surface area contributed by atoms with Crippen LogP contribution in [0.2, 0.25) is 0 Å². The summed E-state index contributed by atoms with van der Waals surface area (Å²) < 4.78 is 23.8. The molecule has 0 aromatic heterocycles. The maximum Gasteiger partial charge on any atom is 0.398 e. The summed E-state index contributed by atoms with van der Waals surface area (Å²) in [4.78, 5) is 12.2. The van der Waals surface area contributed by atoms with Crippen molar-refractivity contribution in [1.82, 2.24) is 0 Å². The number of carbonyl (C=O) groups is 1. The van der Waals surface area contributed by atoms with Crippen molar-refractivity contribution in [2.75, 3.05) is 0 Å². The topological polar surface area (TPSA) is 52.6 Å². The highest BCUT2D eigenvalue weighted by Gasteiger charge is 2.51. The smallest absolute Gasteiger partial charge is 0.398 e. The quantitative estimate of drug-likeness (QED) is 0.594. The lowest BCUT2D eigenvalue weighted by molar-refractivity contribution is -0.149. The Morgan fingerprint density at radius 2 is 1.67 bits per heavy atom. The molecule has 1 aromatic rings. The molecule has 1 atom stereocenters. The average molecular weight is 311 g/mol. The number of hydrogen-bond donors (Lipinski definition) is 0. The second-order valence-electron chi connectivity index (χ2n) is 5.94. The van der Waals surface area contributed by atoms with E-state index < -0.39 is 18.9 Å². The van der Waals surface area contributed by atoms with E-state index in [1.165, 1.54) is 0 Å². The van der Waals surface area contributed by atoms with Gasteiger partial charge in [-0.15, -0.1) is 0 Å². The summed E-state index contributed by atoms with van der Waals surface area (Å²) in [5.74, 6) is 0.0944. The molecule has 0 saturated carbocycles. The fraction of sp³-hybridized carbons (Fsp3) is 0.562. The molecule has 0 N–H and O–H groups in total. The van der Waals surface area contributed by atoms with Gasteiger partial charge in [-0.25, -0.2) is 4.79 Å². The predicted octanol–water partition coefficient (Wildman–Crippen LogP) is 3.66. The second kappa shape index (κ2) is 7.04. The average Bonchev–Trinajstić information content (AvgIpc) is 2.37. The first kappa shape index (κ1) is 17.6. The Hall–Kier alpha value is -1.41. The van der Waals surface area contributed by atoms with Crippen LogP contribution in [-0.2, 0) is 14.1 Å². The fourth-order valence-corrected chi connectivity index (χ4v) is 3.09. The van der Waals surface area contributed by atoms with E-state index in [0.717, 1.165) is 0 Å². The molecule has 4 nitrogen and oxygen atoms in total. The van der Waals surface area contributed by atoms with E-state index in [2.05, 4.69) is 0 Å². The van der Waals surface area contributed by atoms with Crippen molar-refractivity contribution in [2.24, 2.45) is 0 Å². The SMILES string of the molecule is CC(C)OC(=O)C(C)(C)[P+](=O)c1ccccc1OC(C)C. The van der Waals surface area contributed by atoms with Gasteiger partial charge in [0, 0.05) is 0 Å².